The van der Waals surface area contributed by atoms with E-state index in [-0.39, 0.29) is 5.82 Å². The predicted molar refractivity (Wildman–Crippen MR) is 67.0 cm³/mol. The number of piperidine rings is 1. The number of halogens is 1. The van der Waals surface area contributed by atoms with Crippen LogP contribution < -0.4 is 10.1 Å². The van der Waals surface area contributed by atoms with Crippen LogP contribution in [0.25, 0.3) is 0 Å². The summed E-state index contributed by atoms with van der Waals surface area (Å²) in [6.45, 7) is 4.21. The van der Waals surface area contributed by atoms with Gasteiger partial charge in [-0.25, -0.2) is 4.39 Å². The van der Waals surface area contributed by atoms with Crippen LogP contribution in [0.2, 0.25) is 0 Å². The Hall–Kier alpha value is -1.09. The lowest BCUT2D eigenvalue weighted by Gasteiger charge is -2.32. The molecule has 0 amide bonds. The van der Waals surface area contributed by atoms with E-state index in [1.54, 1.807) is 19.2 Å². The van der Waals surface area contributed by atoms with Crippen molar-refractivity contribution < 1.29 is 9.13 Å². The molecular formula is C14H20FNO. The van der Waals surface area contributed by atoms with Gasteiger partial charge in [0.15, 0.2) is 0 Å². The van der Waals surface area contributed by atoms with E-state index in [9.17, 15) is 4.39 Å². The molecule has 1 aliphatic heterocycles. The standard InChI is InChI=1S/C14H20FNO/c1-3-10-9-16-7-6-12(10)13-8-11(15)4-5-14(13)17-2/h4-5,8,10,12,16H,3,6-7,9H2,1-2H3. The molecule has 2 atom stereocenters. The Labute approximate surface area is 102 Å². The number of ether oxygens (including phenoxy) is 1. The van der Waals surface area contributed by atoms with Crippen LogP contribution in [0, 0.1) is 11.7 Å². The Kier molecular flexibility index (Phi) is 4.00. The number of nitrogens with one attached hydrogen (secondary N) is 1. The Morgan fingerprint density at radius 1 is 1.47 bits per heavy atom. The third kappa shape index (κ3) is 2.60. The first-order valence-electron chi connectivity index (χ1n) is 6.30. The summed E-state index contributed by atoms with van der Waals surface area (Å²) in [6.07, 6.45) is 2.16. The number of methoxy groups -OCH3 is 1. The first kappa shape index (κ1) is 12.4. The number of benzene rings is 1. The topological polar surface area (TPSA) is 21.3 Å². The molecule has 2 nitrogen and oxygen atoms in total. The first-order chi connectivity index (χ1) is 8.26. The summed E-state index contributed by atoms with van der Waals surface area (Å²) in [5.41, 5.74) is 1.03. The molecule has 2 unspecified atom stereocenters. The van der Waals surface area contributed by atoms with Crippen LogP contribution in [0.15, 0.2) is 18.2 Å². The Morgan fingerprint density at radius 3 is 3.00 bits per heavy atom. The molecule has 1 N–H and O–H groups in total. The smallest absolute Gasteiger partial charge is 0.123 e. The summed E-state index contributed by atoms with van der Waals surface area (Å²) < 4.78 is 18.8. The lowest BCUT2D eigenvalue weighted by molar-refractivity contribution is 0.306. The highest BCUT2D eigenvalue weighted by Crippen LogP contribution is 2.37. The van der Waals surface area contributed by atoms with E-state index < -0.39 is 0 Å². The van der Waals surface area contributed by atoms with Crippen LogP contribution in [0.4, 0.5) is 4.39 Å². The Morgan fingerprint density at radius 2 is 2.29 bits per heavy atom. The van der Waals surface area contributed by atoms with Crippen LogP contribution in [0.5, 0.6) is 5.75 Å². The zero-order valence-corrected chi connectivity index (χ0v) is 10.5. The van der Waals surface area contributed by atoms with Gasteiger partial charge >= 0.3 is 0 Å². The summed E-state index contributed by atoms with van der Waals surface area (Å²) in [6, 6.07) is 4.83. The lowest BCUT2D eigenvalue weighted by Crippen LogP contribution is -2.35. The Bertz CT molecular complexity index is 380. The molecule has 1 heterocycles. The molecule has 94 valence electrons. The van der Waals surface area contributed by atoms with Gasteiger partial charge in [-0.1, -0.05) is 13.3 Å². The molecule has 1 saturated heterocycles. The van der Waals surface area contributed by atoms with Crippen LogP contribution in [0.1, 0.15) is 31.2 Å². The molecule has 17 heavy (non-hydrogen) atoms. The summed E-state index contributed by atoms with van der Waals surface area (Å²) in [7, 11) is 1.65. The van der Waals surface area contributed by atoms with Crippen LogP contribution in [0.3, 0.4) is 0 Å². The largest absolute Gasteiger partial charge is 0.496 e. The molecule has 3 heteroatoms. The maximum absolute atomic E-state index is 13.4. The summed E-state index contributed by atoms with van der Waals surface area (Å²) in [5.74, 6) is 1.62. The molecule has 1 fully saturated rings. The van der Waals surface area contributed by atoms with Crippen LogP contribution in [-0.2, 0) is 0 Å². The molecular weight excluding hydrogens is 217 g/mol. The van der Waals surface area contributed by atoms with Gasteiger partial charge in [-0.05, 0) is 49.5 Å². The molecule has 0 aliphatic carbocycles. The van der Waals surface area contributed by atoms with Crippen molar-refractivity contribution in [3.8, 4) is 5.75 Å². The van der Waals surface area contributed by atoms with Gasteiger partial charge in [-0.3, -0.25) is 0 Å². The van der Waals surface area contributed by atoms with Gasteiger partial charge in [0, 0.05) is 5.56 Å². The van der Waals surface area contributed by atoms with E-state index in [2.05, 4.69) is 12.2 Å². The molecule has 0 radical (unpaired) electrons. The van der Waals surface area contributed by atoms with E-state index in [0.29, 0.717) is 11.8 Å². The van der Waals surface area contributed by atoms with E-state index >= 15 is 0 Å². The van der Waals surface area contributed by atoms with Gasteiger partial charge in [-0.2, -0.15) is 0 Å². The molecule has 0 aromatic heterocycles. The monoisotopic (exact) mass is 237 g/mol. The van der Waals surface area contributed by atoms with Crippen molar-refractivity contribution in [3.05, 3.63) is 29.6 Å². The summed E-state index contributed by atoms with van der Waals surface area (Å²) in [4.78, 5) is 0. The van der Waals surface area contributed by atoms with Crippen molar-refractivity contribution in [1.29, 1.82) is 0 Å². The van der Waals surface area contributed by atoms with E-state index in [4.69, 9.17) is 4.74 Å². The highest BCUT2D eigenvalue weighted by atomic mass is 19.1. The number of hydrogen-bond acceptors (Lipinski definition) is 2. The minimum Gasteiger partial charge on any atom is -0.496 e. The van der Waals surface area contributed by atoms with Crippen molar-refractivity contribution in [2.24, 2.45) is 5.92 Å². The third-order valence-corrected chi connectivity index (χ3v) is 3.72. The maximum Gasteiger partial charge on any atom is 0.123 e. The minimum atomic E-state index is -0.172. The van der Waals surface area contributed by atoms with Crippen molar-refractivity contribution >= 4 is 0 Å². The zero-order valence-electron chi connectivity index (χ0n) is 10.5. The van der Waals surface area contributed by atoms with Crippen LogP contribution >= 0.6 is 0 Å². The van der Waals surface area contributed by atoms with Crippen molar-refractivity contribution in [2.75, 3.05) is 20.2 Å². The predicted octanol–water partition coefficient (Wildman–Crippen LogP) is 2.94. The molecule has 0 spiro atoms. The number of hydrogen-bond donors (Lipinski definition) is 1. The van der Waals surface area contributed by atoms with Gasteiger partial charge in [-0.15, -0.1) is 0 Å². The summed E-state index contributed by atoms with van der Waals surface area (Å²) >= 11 is 0. The second-order valence-electron chi connectivity index (χ2n) is 4.65. The van der Waals surface area contributed by atoms with Gasteiger partial charge in [0.2, 0.25) is 0 Å². The number of rotatable bonds is 3. The van der Waals surface area contributed by atoms with E-state index in [1.165, 1.54) is 6.07 Å². The van der Waals surface area contributed by atoms with Crippen molar-refractivity contribution in [2.45, 2.75) is 25.7 Å². The van der Waals surface area contributed by atoms with Gasteiger partial charge < -0.3 is 10.1 Å². The second kappa shape index (κ2) is 5.50. The van der Waals surface area contributed by atoms with Crippen molar-refractivity contribution in [1.82, 2.24) is 5.32 Å². The third-order valence-electron chi connectivity index (χ3n) is 3.72. The fourth-order valence-corrected chi connectivity index (χ4v) is 2.76. The molecule has 2 rings (SSSR count). The van der Waals surface area contributed by atoms with Gasteiger partial charge in [0.05, 0.1) is 7.11 Å². The average Bonchev–Trinajstić information content (AvgIpc) is 2.38. The molecule has 0 bridgehead atoms. The highest BCUT2D eigenvalue weighted by Gasteiger charge is 2.27. The summed E-state index contributed by atoms with van der Waals surface area (Å²) in [5, 5.41) is 3.40. The maximum atomic E-state index is 13.4. The molecule has 0 saturated carbocycles. The van der Waals surface area contributed by atoms with Gasteiger partial charge in [0.25, 0.3) is 0 Å². The highest BCUT2D eigenvalue weighted by molar-refractivity contribution is 5.37. The average molecular weight is 237 g/mol. The quantitative estimate of drug-likeness (QED) is 0.872. The second-order valence-corrected chi connectivity index (χ2v) is 4.65. The first-order valence-corrected chi connectivity index (χ1v) is 6.30. The zero-order chi connectivity index (χ0) is 12.3. The van der Waals surface area contributed by atoms with E-state index in [1.807, 2.05) is 0 Å². The molecule has 1 aromatic rings. The Balaban J connectivity index is 2.33. The van der Waals surface area contributed by atoms with E-state index in [0.717, 1.165) is 37.2 Å². The van der Waals surface area contributed by atoms with Crippen LogP contribution in [-0.4, -0.2) is 20.2 Å². The minimum absolute atomic E-state index is 0.172. The lowest BCUT2D eigenvalue weighted by atomic mass is 9.79. The normalized spacial score (nSPS) is 24.6. The molecule has 1 aromatic carbocycles. The van der Waals surface area contributed by atoms with Gasteiger partial charge in [0.1, 0.15) is 11.6 Å². The fraction of sp³-hybridized carbons (Fsp3) is 0.571. The molecule has 1 aliphatic rings. The fourth-order valence-electron chi connectivity index (χ4n) is 2.76. The van der Waals surface area contributed by atoms with Crippen molar-refractivity contribution in [3.63, 3.8) is 0 Å². The SMILES string of the molecule is CCC1CNCCC1c1cc(F)ccc1OC.